The van der Waals surface area contributed by atoms with Gasteiger partial charge in [0, 0.05) is 12.7 Å². The first-order chi connectivity index (χ1) is 8.19. The molecule has 0 saturated carbocycles. The second kappa shape index (κ2) is 6.80. The number of ether oxygens (including phenoxy) is 2. The van der Waals surface area contributed by atoms with Crippen LogP contribution in [0.3, 0.4) is 0 Å². The van der Waals surface area contributed by atoms with Crippen LogP contribution in [0.15, 0.2) is 17.1 Å². The van der Waals surface area contributed by atoms with Crippen molar-refractivity contribution < 1.29 is 14.3 Å². The summed E-state index contributed by atoms with van der Waals surface area (Å²) in [5, 5.41) is 3.83. The summed E-state index contributed by atoms with van der Waals surface area (Å²) in [5.41, 5.74) is -0.227. The largest absolute Gasteiger partial charge is 0.462 e. The zero-order valence-electron chi connectivity index (χ0n) is 10.0. The van der Waals surface area contributed by atoms with E-state index in [0.717, 1.165) is 11.1 Å². The monoisotopic (exact) mass is 240 g/mol. The molecule has 0 bridgehead atoms. The lowest BCUT2D eigenvalue weighted by Crippen LogP contribution is -2.25. The molecule has 0 aliphatic heterocycles. The molecule has 0 aromatic carbocycles. The van der Waals surface area contributed by atoms with Crippen LogP contribution < -0.4 is 5.56 Å². The van der Waals surface area contributed by atoms with Gasteiger partial charge in [0.25, 0.3) is 5.56 Å². The molecule has 0 aliphatic rings. The number of esters is 1. The molecule has 0 spiro atoms. The summed E-state index contributed by atoms with van der Waals surface area (Å²) in [6, 6.07) is 1.19. The Morgan fingerprint density at radius 3 is 2.82 bits per heavy atom. The van der Waals surface area contributed by atoms with Gasteiger partial charge in [0.2, 0.25) is 0 Å². The Balaban J connectivity index is 2.72. The van der Waals surface area contributed by atoms with Gasteiger partial charge < -0.3 is 9.47 Å². The zero-order valence-corrected chi connectivity index (χ0v) is 10.0. The minimum atomic E-state index is -0.543. The summed E-state index contributed by atoms with van der Waals surface area (Å²) >= 11 is 0. The molecule has 0 aliphatic carbocycles. The molecule has 0 radical (unpaired) electrons. The zero-order chi connectivity index (χ0) is 12.7. The van der Waals surface area contributed by atoms with E-state index in [4.69, 9.17) is 9.47 Å². The maximum Gasteiger partial charge on any atom is 0.339 e. The second-order valence-corrected chi connectivity index (χ2v) is 3.34. The fraction of sp³-hybridized carbons (Fsp3) is 0.545. The predicted octanol–water partition coefficient (Wildman–Crippen LogP) is 0.804. The third kappa shape index (κ3) is 3.99. The molecule has 0 saturated heterocycles. The third-order valence-electron chi connectivity index (χ3n) is 1.94. The highest BCUT2D eigenvalue weighted by Gasteiger charge is 2.08. The molecule has 1 rings (SSSR count). The van der Waals surface area contributed by atoms with Crippen LogP contribution in [0, 0.1) is 0 Å². The lowest BCUT2D eigenvalue weighted by Gasteiger charge is -2.05. The third-order valence-corrected chi connectivity index (χ3v) is 1.94. The standard InChI is InChI=1S/C11H16N2O4/c1-3-5-16-8-13-10(14)6-9(7-12-13)11(15)17-4-2/h6-7H,3-5,8H2,1-2H3. The van der Waals surface area contributed by atoms with Crippen LogP contribution in [0.4, 0.5) is 0 Å². The van der Waals surface area contributed by atoms with E-state index in [1.54, 1.807) is 6.92 Å². The van der Waals surface area contributed by atoms with Crippen molar-refractivity contribution in [1.82, 2.24) is 9.78 Å². The Hall–Kier alpha value is -1.69. The number of nitrogens with zero attached hydrogens (tertiary/aromatic N) is 2. The van der Waals surface area contributed by atoms with Crippen LogP contribution in [0.1, 0.15) is 30.6 Å². The van der Waals surface area contributed by atoms with Crippen molar-refractivity contribution >= 4 is 5.97 Å². The van der Waals surface area contributed by atoms with Gasteiger partial charge in [0.15, 0.2) is 0 Å². The Morgan fingerprint density at radius 1 is 1.47 bits per heavy atom. The fourth-order valence-corrected chi connectivity index (χ4v) is 1.15. The van der Waals surface area contributed by atoms with E-state index < -0.39 is 5.97 Å². The summed E-state index contributed by atoms with van der Waals surface area (Å²) in [6.45, 7) is 4.59. The molecule has 0 fully saturated rings. The molecule has 1 aromatic rings. The summed E-state index contributed by atoms with van der Waals surface area (Å²) in [7, 11) is 0. The van der Waals surface area contributed by atoms with Gasteiger partial charge >= 0.3 is 5.97 Å². The van der Waals surface area contributed by atoms with Crippen molar-refractivity contribution in [2.75, 3.05) is 13.2 Å². The molecular weight excluding hydrogens is 224 g/mol. The molecule has 1 heterocycles. The van der Waals surface area contributed by atoms with E-state index in [2.05, 4.69) is 5.10 Å². The topological polar surface area (TPSA) is 70.4 Å². The van der Waals surface area contributed by atoms with E-state index in [9.17, 15) is 9.59 Å². The minimum Gasteiger partial charge on any atom is -0.462 e. The maximum atomic E-state index is 11.6. The van der Waals surface area contributed by atoms with Gasteiger partial charge in [0.1, 0.15) is 6.73 Å². The number of rotatable bonds is 6. The molecule has 17 heavy (non-hydrogen) atoms. The Kier molecular flexibility index (Phi) is 5.35. The average Bonchev–Trinajstić information content (AvgIpc) is 2.31. The summed E-state index contributed by atoms with van der Waals surface area (Å²) < 4.78 is 11.1. The number of carbonyl (C=O) groups excluding carboxylic acids is 1. The molecule has 0 N–H and O–H groups in total. The lowest BCUT2D eigenvalue weighted by atomic mass is 10.3. The summed E-state index contributed by atoms with van der Waals surface area (Å²) in [5.74, 6) is -0.543. The predicted molar refractivity (Wildman–Crippen MR) is 60.7 cm³/mol. The van der Waals surface area contributed by atoms with Gasteiger partial charge in [-0.1, -0.05) is 6.92 Å². The molecule has 1 aromatic heterocycles. The van der Waals surface area contributed by atoms with Crippen LogP contribution in [-0.2, 0) is 16.2 Å². The molecular formula is C11H16N2O4. The van der Waals surface area contributed by atoms with Crippen molar-refractivity contribution in [3.05, 3.63) is 28.2 Å². The highest BCUT2D eigenvalue weighted by atomic mass is 16.5. The quantitative estimate of drug-likeness (QED) is 0.543. The Bertz CT molecular complexity index is 428. The van der Waals surface area contributed by atoms with Crippen molar-refractivity contribution in [3.8, 4) is 0 Å². The molecule has 0 amide bonds. The van der Waals surface area contributed by atoms with Crippen molar-refractivity contribution in [3.63, 3.8) is 0 Å². The summed E-state index contributed by atoms with van der Waals surface area (Å²) in [4.78, 5) is 22.9. The Labute approximate surface area is 99.2 Å². The molecule has 6 heteroatoms. The van der Waals surface area contributed by atoms with Gasteiger partial charge in [-0.25, -0.2) is 9.48 Å². The number of hydrogen-bond acceptors (Lipinski definition) is 5. The van der Waals surface area contributed by atoms with Crippen molar-refractivity contribution in [2.45, 2.75) is 27.0 Å². The van der Waals surface area contributed by atoms with E-state index in [0.29, 0.717) is 6.61 Å². The average molecular weight is 240 g/mol. The van der Waals surface area contributed by atoms with E-state index in [1.807, 2.05) is 6.92 Å². The van der Waals surface area contributed by atoms with Gasteiger partial charge in [0.05, 0.1) is 18.4 Å². The fourth-order valence-electron chi connectivity index (χ4n) is 1.15. The van der Waals surface area contributed by atoms with E-state index in [-0.39, 0.29) is 24.5 Å². The molecule has 6 nitrogen and oxygen atoms in total. The van der Waals surface area contributed by atoms with Gasteiger partial charge in [-0.2, -0.15) is 5.10 Å². The van der Waals surface area contributed by atoms with Crippen LogP contribution in [0.2, 0.25) is 0 Å². The maximum absolute atomic E-state index is 11.6. The first kappa shape index (κ1) is 13.4. The van der Waals surface area contributed by atoms with Gasteiger partial charge in [-0.15, -0.1) is 0 Å². The molecule has 0 unspecified atom stereocenters. The SMILES string of the molecule is CCCOCn1ncc(C(=O)OCC)cc1=O. The minimum absolute atomic E-state index is 0.0930. The first-order valence-corrected chi connectivity index (χ1v) is 5.51. The number of carbonyl (C=O) groups is 1. The van der Waals surface area contributed by atoms with Crippen LogP contribution in [0.25, 0.3) is 0 Å². The van der Waals surface area contributed by atoms with Crippen LogP contribution >= 0.6 is 0 Å². The van der Waals surface area contributed by atoms with E-state index in [1.165, 1.54) is 12.3 Å². The molecule has 0 atom stereocenters. The molecule has 94 valence electrons. The smallest absolute Gasteiger partial charge is 0.339 e. The number of hydrogen-bond donors (Lipinski definition) is 0. The van der Waals surface area contributed by atoms with E-state index >= 15 is 0 Å². The highest BCUT2D eigenvalue weighted by Crippen LogP contribution is 1.96. The van der Waals surface area contributed by atoms with Gasteiger partial charge in [-0.05, 0) is 13.3 Å². The van der Waals surface area contributed by atoms with Crippen LogP contribution in [-0.4, -0.2) is 29.0 Å². The highest BCUT2D eigenvalue weighted by molar-refractivity contribution is 5.88. The van der Waals surface area contributed by atoms with Gasteiger partial charge in [-0.3, -0.25) is 4.79 Å². The lowest BCUT2D eigenvalue weighted by molar-refractivity contribution is 0.0519. The van der Waals surface area contributed by atoms with Crippen molar-refractivity contribution in [1.29, 1.82) is 0 Å². The first-order valence-electron chi connectivity index (χ1n) is 5.51. The normalized spacial score (nSPS) is 10.2. The van der Waals surface area contributed by atoms with Crippen LogP contribution in [0.5, 0.6) is 0 Å². The second-order valence-electron chi connectivity index (χ2n) is 3.34. The summed E-state index contributed by atoms with van der Waals surface area (Å²) in [6.07, 6.45) is 2.17. The Morgan fingerprint density at radius 2 is 2.24 bits per heavy atom. The van der Waals surface area contributed by atoms with Crippen molar-refractivity contribution in [2.24, 2.45) is 0 Å². The number of aromatic nitrogens is 2.